The predicted octanol–water partition coefficient (Wildman–Crippen LogP) is 3.09. The van der Waals surface area contributed by atoms with Crippen LogP contribution in [0.2, 0.25) is 0 Å². The standard InChI is InChI=1S/C15H17ClN2O/c16-9-11-3-7-14(8-4-11)18-15(19)13-5-1-12(10-17)2-6-13/h1-2,5-6,11,14H,3-4,7-9H2,(H,18,19). The lowest BCUT2D eigenvalue weighted by Crippen LogP contribution is -2.37. The fourth-order valence-electron chi connectivity index (χ4n) is 2.43. The highest BCUT2D eigenvalue weighted by molar-refractivity contribution is 6.18. The summed E-state index contributed by atoms with van der Waals surface area (Å²) in [5.74, 6) is 1.26. The first kappa shape index (κ1) is 13.9. The van der Waals surface area contributed by atoms with Gasteiger partial charge in [-0.2, -0.15) is 5.26 Å². The number of nitrogens with one attached hydrogen (secondary N) is 1. The summed E-state index contributed by atoms with van der Waals surface area (Å²) in [4.78, 5) is 12.0. The van der Waals surface area contributed by atoms with E-state index in [1.807, 2.05) is 6.07 Å². The van der Waals surface area contributed by atoms with Gasteiger partial charge in [-0.3, -0.25) is 4.79 Å². The number of hydrogen-bond donors (Lipinski definition) is 1. The Labute approximate surface area is 118 Å². The minimum absolute atomic E-state index is 0.0567. The Hall–Kier alpha value is -1.53. The number of rotatable bonds is 3. The molecule has 1 aromatic carbocycles. The van der Waals surface area contributed by atoms with Gasteiger partial charge in [0.15, 0.2) is 0 Å². The van der Waals surface area contributed by atoms with E-state index in [-0.39, 0.29) is 11.9 Å². The van der Waals surface area contributed by atoms with Crippen LogP contribution in [0.1, 0.15) is 41.6 Å². The maximum absolute atomic E-state index is 12.0. The Morgan fingerprint density at radius 2 is 1.89 bits per heavy atom. The van der Waals surface area contributed by atoms with Crippen molar-refractivity contribution in [3.63, 3.8) is 0 Å². The molecule has 0 radical (unpaired) electrons. The van der Waals surface area contributed by atoms with Crippen LogP contribution >= 0.6 is 11.6 Å². The van der Waals surface area contributed by atoms with E-state index < -0.39 is 0 Å². The monoisotopic (exact) mass is 276 g/mol. The average molecular weight is 277 g/mol. The zero-order valence-electron chi connectivity index (χ0n) is 10.7. The van der Waals surface area contributed by atoms with Crippen molar-refractivity contribution in [2.24, 2.45) is 5.92 Å². The fourth-order valence-corrected chi connectivity index (χ4v) is 2.73. The van der Waals surface area contributed by atoms with Crippen LogP contribution in [0.5, 0.6) is 0 Å². The highest BCUT2D eigenvalue weighted by Crippen LogP contribution is 2.25. The summed E-state index contributed by atoms with van der Waals surface area (Å²) in [6, 6.07) is 9.01. The van der Waals surface area contributed by atoms with Crippen LogP contribution in [-0.4, -0.2) is 17.8 Å². The van der Waals surface area contributed by atoms with Gasteiger partial charge in [-0.25, -0.2) is 0 Å². The molecule has 1 aliphatic rings. The molecule has 1 N–H and O–H groups in total. The third-order valence-electron chi connectivity index (χ3n) is 3.68. The minimum atomic E-state index is -0.0567. The van der Waals surface area contributed by atoms with Gasteiger partial charge in [0.25, 0.3) is 5.91 Å². The van der Waals surface area contributed by atoms with Crippen molar-refractivity contribution in [1.82, 2.24) is 5.32 Å². The van der Waals surface area contributed by atoms with E-state index in [4.69, 9.17) is 16.9 Å². The van der Waals surface area contributed by atoms with Crippen LogP contribution in [-0.2, 0) is 0 Å². The Morgan fingerprint density at radius 3 is 2.42 bits per heavy atom. The number of halogens is 1. The van der Waals surface area contributed by atoms with Gasteiger partial charge >= 0.3 is 0 Å². The second-order valence-electron chi connectivity index (χ2n) is 5.03. The molecule has 1 fully saturated rings. The maximum atomic E-state index is 12.0. The largest absolute Gasteiger partial charge is 0.349 e. The molecule has 1 saturated carbocycles. The number of nitrogens with zero attached hydrogens (tertiary/aromatic N) is 1. The predicted molar refractivity (Wildman–Crippen MR) is 75.1 cm³/mol. The number of benzene rings is 1. The lowest BCUT2D eigenvalue weighted by Gasteiger charge is -2.27. The van der Waals surface area contributed by atoms with Crippen molar-refractivity contribution < 1.29 is 4.79 Å². The van der Waals surface area contributed by atoms with E-state index in [9.17, 15) is 4.79 Å². The highest BCUT2D eigenvalue weighted by atomic mass is 35.5. The molecule has 0 aromatic heterocycles. The summed E-state index contributed by atoms with van der Waals surface area (Å²) in [5, 5.41) is 11.8. The molecule has 2 rings (SSSR count). The number of hydrogen-bond acceptors (Lipinski definition) is 2. The molecule has 0 spiro atoms. The molecule has 4 heteroatoms. The van der Waals surface area contributed by atoms with Gasteiger partial charge in [0, 0.05) is 17.5 Å². The molecule has 1 amide bonds. The molecule has 0 aliphatic heterocycles. The van der Waals surface area contributed by atoms with Crippen LogP contribution < -0.4 is 5.32 Å². The summed E-state index contributed by atoms with van der Waals surface area (Å²) < 4.78 is 0. The van der Waals surface area contributed by atoms with Gasteiger partial charge in [0.05, 0.1) is 11.6 Å². The molecule has 1 aliphatic carbocycles. The molecule has 19 heavy (non-hydrogen) atoms. The molecule has 0 saturated heterocycles. The average Bonchev–Trinajstić information content (AvgIpc) is 2.48. The van der Waals surface area contributed by atoms with E-state index in [0.29, 0.717) is 17.0 Å². The van der Waals surface area contributed by atoms with Crippen molar-refractivity contribution in [1.29, 1.82) is 5.26 Å². The van der Waals surface area contributed by atoms with E-state index >= 15 is 0 Å². The summed E-state index contributed by atoms with van der Waals surface area (Å²) in [5.41, 5.74) is 1.18. The molecule has 3 nitrogen and oxygen atoms in total. The van der Waals surface area contributed by atoms with Crippen LogP contribution in [0, 0.1) is 17.2 Å². The summed E-state index contributed by atoms with van der Waals surface area (Å²) in [7, 11) is 0. The number of nitriles is 1. The van der Waals surface area contributed by atoms with Crippen molar-refractivity contribution in [3.05, 3.63) is 35.4 Å². The Bertz CT molecular complexity index is 470. The van der Waals surface area contributed by atoms with Crippen LogP contribution in [0.15, 0.2) is 24.3 Å². The van der Waals surface area contributed by atoms with Crippen molar-refractivity contribution in [2.75, 3.05) is 5.88 Å². The van der Waals surface area contributed by atoms with Gasteiger partial charge in [-0.15, -0.1) is 11.6 Å². The third kappa shape index (κ3) is 3.71. The number of carbonyl (C=O) groups is 1. The van der Waals surface area contributed by atoms with Gasteiger partial charge in [0.1, 0.15) is 0 Å². The Morgan fingerprint density at radius 1 is 1.26 bits per heavy atom. The van der Waals surface area contributed by atoms with E-state index in [1.165, 1.54) is 0 Å². The number of amides is 1. The minimum Gasteiger partial charge on any atom is -0.349 e. The summed E-state index contributed by atoms with van der Waals surface area (Å²) in [6.07, 6.45) is 4.17. The normalized spacial score (nSPS) is 22.5. The van der Waals surface area contributed by atoms with Crippen LogP contribution in [0.4, 0.5) is 0 Å². The lowest BCUT2D eigenvalue weighted by atomic mass is 9.87. The lowest BCUT2D eigenvalue weighted by molar-refractivity contribution is 0.0923. The van der Waals surface area contributed by atoms with Gasteiger partial charge in [-0.1, -0.05) is 0 Å². The van der Waals surface area contributed by atoms with Gasteiger partial charge < -0.3 is 5.32 Å². The topological polar surface area (TPSA) is 52.9 Å². The molecular weight excluding hydrogens is 260 g/mol. The zero-order chi connectivity index (χ0) is 13.7. The number of alkyl halides is 1. The summed E-state index contributed by atoms with van der Waals surface area (Å²) in [6.45, 7) is 0. The first-order valence-electron chi connectivity index (χ1n) is 6.60. The molecule has 1 aromatic rings. The quantitative estimate of drug-likeness (QED) is 0.863. The highest BCUT2D eigenvalue weighted by Gasteiger charge is 2.22. The molecule has 100 valence electrons. The molecular formula is C15H17ClN2O. The van der Waals surface area contributed by atoms with E-state index in [0.717, 1.165) is 31.6 Å². The Kier molecular flexibility index (Phi) is 4.81. The van der Waals surface area contributed by atoms with Crippen LogP contribution in [0.25, 0.3) is 0 Å². The van der Waals surface area contributed by atoms with Crippen molar-refractivity contribution in [3.8, 4) is 6.07 Å². The molecule has 0 atom stereocenters. The van der Waals surface area contributed by atoms with E-state index in [1.54, 1.807) is 24.3 Å². The number of carbonyl (C=O) groups excluding carboxylic acids is 1. The first-order chi connectivity index (χ1) is 9.22. The van der Waals surface area contributed by atoms with Crippen molar-refractivity contribution >= 4 is 17.5 Å². The SMILES string of the molecule is N#Cc1ccc(C(=O)NC2CCC(CCl)CC2)cc1. The van der Waals surface area contributed by atoms with Crippen LogP contribution in [0.3, 0.4) is 0 Å². The zero-order valence-corrected chi connectivity index (χ0v) is 11.5. The Balaban J connectivity index is 1.89. The van der Waals surface area contributed by atoms with Crippen molar-refractivity contribution in [2.45, 2.75) is 31.7 Å². The molecule has 0 bridgehead atoms. The summed E-state index contributed by atoms with van der Waals surface area (Å²) >= 11 is 5.84. The van der Waals surface area contributed by atoms with Gasteiger partial charge in [-0.05, 0) is 55.9 Å². The second-order valence-corrected chi connectivity index (χ2v) is 5.34. The fraction of sp³-hybridized carbons (Fsp3) is 0.467. The van der Waals surface area contributed by atoms with E-state index in [2.05, 4.69) is 5.32 Å². The third-order valence-corrected chi connectivity index (χ3v) is 4.11. The molecule has 0 heterocycles. The smallest absolute Gasteiger partial charge is 0.251 e. The van der Waals surface area contributed by atoms with Gasteiger partial charge in [0.2, 0.25) is 0 Å². The maximum Gasteiger partial charge on any atom is 0.251 e. The second kappa shape index (κ2) is 6.58. The molecule has 0 unspecified atom stereocenters. The first-order valence-corrected chi connectivity index (χ1v) is 7.13.